The maximum absolute atomic E-state index is 12.0. The second-order valence-electron chi connectivity index (χ2n) is 5.93. The van der Waals surface area contributed by atoms with Crippen LogP contribution >= 0.6 is 0 Å². The largest absolute Gasteiger partial charge is 0.330 e. The molecule has 2 rings (SSSR count). The van der Waals surface area contributed by atoms with E-state index in [1.165, 1.54) is 17.5 Å². The van der Waals surface area contributed by atoms with Crippen LogP contribution in [-0.4, -0.2) is 30.4 Å². The molecule has 0 aliphatic carbocycles. The van der Waals surface area contributed by atoms with Crippen molar-refractivity contribution in [2.45, 2.75) is 32.6 Å². The SMILES string of the molecule is CN1C(=O)CCN(c2ccc(C(C)(C)C)cc2)C1=O. The first-order valence-corrected chi connectivity index (χ1v) is 6.49. The van der Waals surface area contributed by atoms with Crippen molar-refractivity contribution in [1.82, 2.24) is 4.90 Å². The van der Waals surface area contributed by atoms with Gasteiger partial charge in [-0.1, -0.05) is 32.9 Å². The van der Waals surface area contributed by atoms with E-state index in [1.807, 2.05) is 24.3 Å². The fourth-order valence-corrected chi connectivity index (χ4v) is 2.14. The molecule has 19 heavy (non-hydrogen) atoms. The first kappa shape index (κ1) is 13.6. The van der Waals surface area contributed by atoms with E-state index in [0.717, 1.165) is 5.69 Å². The Hall–Kier alpha value is -1.84. The number of hydrogen-bond acceptors (Lipinski definition) is 2. The molecule has 3 amide bonds. The van der Waals surface area contributed by atoms with Crippen LogP contribution in [-0.2, 0) is 10.2 Å². The summed E-state index contributed by atoms with van der Waals surface area (Å²) in [6, 6.07) is 7.72. The number of benzene rings is 1. The maximum atomic E-state index is 12.0. The Kier molecular flexibility index (Phi) is 3.35. The summed E-state index contributed by atoms with van der Waals surface area (Å²) in [6.07, 6.45) is 0.378. The van der Waals surface area contributed by atoms with Gasteiger partial charge in [0.05, 0.1) is 0 Å². The van der Waals surface area contributed by atoms with Gasteiger partial charge in [-0.15, -0.1) is 0 Å². The van der Waals surface area contributed by atoms with Gasteiger partial charge in [-0.2, -0.15) is 0 Å². The Morgan fingerprint density at radius 1 is 1.05 bits per heavy atom. The molecule has 1 heterocycles. The Balaban J connectivity index is 2.23. The van der Waals surface area contributed by atoms with E-state index in [0.29, 0.717) is 13.0 Å². The molecule has 0 aromatic heterocycles. The summed E-state index contributed by atoms with van der Waals surface area (Å²) in [6.45, 7) is 6.92. The fraction of sp³-hybridized carbons (Fsp3) is 0.467. The predicted molar refractivity (Wildman–Crippen MR) is 75.3 cm³/mol. The third kappa shape index (κ3) is 2.62. The van der Waals surface area contributed by atoms with E-state index in [2.05, 4.69) is 20.8 Å². The van der Waals surface area contributed by atoms with E-state index in [-0.39, 0.29) is 17.4 Å². The van der Waals surface area contributed by atoms with Crippen molar-refractivity contribution in [3.8, 4) is 0 Å². The number of nitrogens with zero attached hydrogens (tertiary/aromatic N) is 2. The van der Waals surface area contributed by atoms with E-state index in [4.69, 9.17) is 0 Å². The summed E-state index contributed by atoms with van der Waals surface area (Å²) >= 11 is 0. The highest BCUT2D eigenvalue weighted by Crippen LogP contribution is 2.26. The topological polar surface area (TPSA) is 40.6 Å². The van der Waals surface area contributed by atoms with Gasteiger partial charge in [0.2, 0.25) is 5.91 Å². The van der Waals surface area contributed by atoms with Crippen molar-refractivity contribution in [2.75, 3.05) is 18.5 Å². The molecular formula is C15H20N2O2. The Bertz CT molecular complexity index is 500. The molecule has 0 saturated carbocycles. The molecule has 1 saturated heterocycles. The smallest absolute Gasteiger partial charge is 0.293 e. The Morgan fingerprint density at radius 2 is 1.63 bits per heavy atom. The zero-order valence-corrected chi connectivity index (χ0v) is 11.9. The number of rotatable bonds is 1. The van der Waals surface area contributed by atoms with Crippen LogP contribution in [0.1, 0.15) is 32.8 Å². The van der Waals surface area contributed by atoms with Crippen LogP contribution in [0.2, 0.25) is 0 Å². The van der Waals surface area contributed by atoms with Crippen LogP contribution in [0.5, 0.6) is 0 Å². The number of carbonyl (C=O) groups excluding carboxylic acids is 2. The van der Waals surface area contributed by atoms with Crippen LogP contribution in [0.3, 0.4) is 0 Å². The van der Waals surface area contributed by atoms with Gasteiger partial charge in [0.15, 0.2) is 0 Å². The van der Waals surface area contributed by atoms with Gasteiger partial charge in [-0.25, -0.2) is 4.79 Å². The third-order valence-corrected chi connectivity index (χ3v) is 3.49. The molecule has 1 aliphatic heterocycles. The van der Waals surface area contributed by atoms with Crippen LogP contribution in [0.25, 0.3) is 0 Å². The van der Waals surface area contributed by atoms with Gasteiger partial charge in [0, 0.05) is 25.7 Å². The van der Waals surface area contributed by atoms with Crippen LogP contribution in [0, 0.1) is 0 Å². The summed E-state index contributed by atoms with van der Waals surface area (Å²) < 4.78 is 0. The van der Waals surface area contributed by atoms with Crippen LogP contribution < -0.4 is 4.90 Å². The molecule has 0 radical (unpaired) electrons. The summed E-state index contributed by atoms with van der Waals surface area (Å²) in [4.78, 5) is 26.3. The molecule has 4 nitrogen and oxygen atoms in total. The van der Waals surface area contributed by atoms with Crippen molar-refractivity contribution in [1.29, 1.82) is 0 Å². The van der Waals surface area contributed by atoms with E-state index in [9.17, 15) is 9.59 Å². The first-order valence-electron chi connectivity index (χ1n) is 6.49. The van der Waals surface area contributed by atoms with E-state index >= 15 is 0 Å². The van der Waals surface area contributed by atoms with Crippen molar-refractivity contribution >= 4 is 17.6 Å². The van der Waals surface area contributed by atoms with Crippen molar-refractivity contribution in [3.63, 3.8) is 0 Å². The lowest BCUT2D eigenvalue weighted by Crippen LogP contribution is -2.50. The van der Waals surface area contributed by atoms with Gasteiger partial charge >= 0.3 is 6.03 Å². The maximum Gasteiger partial charge on any atom is 0.330 e. The summed E-state index contributed by atoms with van der Waals surface area (Å²) in [5, 5.41) is 0. The number of carbonyl (C=O) groups is 2. The molecule has 0 bridgehead atoms. The molecule has 1 fully saturated rings. The number of imide groups is 1. The minimum Gasteiger partial charge on any atom is -0.293 e. The molecule has 0 spiro atoms. The quantitative estimate of drug-likeness (QED) is 0.779. The van der Waals surface area contributed by atoms with Gasteiger partial charge < -0.3 is 0 Å². The summed E-state index contributed by atoms with van der Waals surface area (Å²) in [5.74, 6) is -0.118. The Morgan fingerprint density at radius 3 is 2.16 bits per heavy atom. The van der Waals surface area contributed by atoms with Gasteiger partial charge in [-0.05, 0) is 23.1 Å². The van der Waals surface area contributed by atoms with Gasteiger partial charge in [-0.3, -0.25) is 14.6 Å². The molecule has 0 unspecified atom stereocenters. The monoisotopic (exact) mass is 260 g/mol. The van der Waals surface area contributed by atoms with Crippen molar-refractivity contribution < 1.29 is 9.59 Å². The number of hydrogen-bond donors (Lipinski definition) is 0. The van der Waals surface area contributed by atoms with E-state index in [1.54, 1.807) is 4.90 Å². The van der Waals surface area contributed by atoms with Crippen molar-refractivity contribution in [3.05, 3.63) is 29.8 Å². The molecule has 1 aromatic rings. The fourth-order valence-electron chi connectivity index (χ4n) is 2.14. The molecule has 0 atom stereocenters. The average molecular weight is 260 g/mol. The summed E-state index contributed by atoms with van der Waals surface area (Å²) in [7, 11) is 1.53. The second-order valence-corrected chi connectivity index (χ2v) is 5.93. The average Bonchev–Trinajstić information content (AvgIpc) is 2.35. The lowest BCUT2D eigenvalue weighted by molar-refractivity contribution is -0.127. The second kappa shape index (κ2) is 4.68. The van der Waals surface area contributed by atoms with Crippen LogP contribution in [0.15, 0.2) is 24.3 Å². The predicted octanol–water partition coefficient (Wildman–Crippen LogP) is 2.77. The number of amides is 3. The van der Waals surface area contributed by atoms with Gasteiger partial charge in [0.25, 0.3) is 0 Å². The minimum absolute atomic E-state index is 0.0944. The number of anilines is 1. The lowest BCUT2D eigenvalue weighted by atomic mass is 9.87. The highest BCUT2D eigenvalue weighted by atomic mass is 16.2. The molecular weight excluding hydrogens is 240 g/mol. The summed E-state index contributed by atoms with van der Waals surface area (Å²) in [5.41, 5.74) is 2.17. The highest BCUT2D eigenvalue weighted by molar-refractivity contribution is 6.05. The van der Waals surface area contributed by atoms with E-state index < -0.39 is 0 Å². The highest BCUT2D eigenvalue weighted by Gasteiger charge is 2.29. The minimum atomic E-state index is -0.250. The van der Waals surface area contributed by atoms with Crippen molar-refractivity contribution in [2.24, 2.45) is 0 Å². The lowest BCUT2D eigenvalue weighted by Gasteiger charge is -2.32. The molecule has 0 N–H and O–H groups in total. The Labute approximate surface area is 114 Å². The zero-order chi connectivity index (χ0) is 14.2. The molecule has 1 aromatic carbocycles. The number of urea groups is 1. The normalized spacial score (nSPS) is 17.1. The molecule has 1 aliphatic rings. The third-order valence-electron chi connectivity index (χ3n) is 3.49. The molecule has 4 heteroatoms. The molecule has 102 valence electrons. The standard InChI is InChI=1S/C15H20N2O2/c1-15(2,3)11-5-7-12(8-6-11)17-10-9-13(18)16(4)14(17)19/h5-8H,9-10H2,1-4H3. The van der Waals surface area contributed by atoms with Crippen LogP contribution in [0.4, 0.5) is 10.5 Å². The first-order chi connectivity index (χ1) is 8.80. The van der Waals surface area contributed by atoms with Gasteiger partial charge in [0.1, 0.15) is 0 Å². The zero-order valence-electron chi connectivity index (χ0n) is 11.9.